The molecule has 0 spiro atoms. The van der Waals surface area contributed by atoms with Gasteiger partial charge in [-0.15, -0.1) is 10.2 Å². The molecule has 1 heterocycles. The van der Waals surface area contributed by atoms with Crippen molar-refractivity contribution in [2.24, 2.45) is 10.2 Å². The van der Waals surface area contributed by atoms with E-state index < -0.39 is 41.5 Å². The molecule has 5 rings (SSSR count). The fourth-order valence-corrected chi connectivity index (χ4v) is 6.46. The van der Waals surface area contributed by atoms with Crippen molar-refractivity contribution in [1.82, 2.24) is 15.0 Å². The number of benzene rings is 4. The van der Waals surface area contributed by atoms with Gasteiger partial charge in [0.1, 0.15) is 37.4 Å². The Labute approximate surface area is 343 Å². The van der Waals surface area contributed by atoms with Gasteiger partial charge in [0.25, 0.3) is 0 Å². The quantitative estimate of drug-likeness (QED) is 0.0355. The van der Waals surface area contributed by atoms with Gasteiger partial charge in [0.05, 0.1) is 26.7 Å². The first-order chi connectivity index (χ1) is 21.2. The van der Waals surface area contributed by atoms with Gasteiger partial charge in [-0.3, -0.25) is 5.04 Å². The van der Waals surface area contributed by atoms with Crippen LogP contribution in [0.15, 0.2) is 79.5 Å². The van der Waals surface area contributed by atoms with Gasteiger partial charge < -0.3 is 30.1 Å². The van der Waals surface area contributed by atoms with E-state index >= 15 is 0 Å². The third-order valence-corrected chi connectivity index (χ3v) is 8.79. The predicted octanol–water partition coefficient (Wildman–Crippen LogP) is -5.99. The summed E-state index contributed by atoms with van der Waals surface area (Å²) in [6.45, 7) is 1.65. The van der Waals surface area contributed by atoms with E-state index in [9.17, 15) is 36.3 Å². The van der Waals surface area contributed by atoms with Crippen molar-refractivity contribution < 1.29 is 134 Å². The van der Waals surface area contributed by atoms with Crippen LogP contribution in [0.25, 0.3) is 21.5 Å². The second-order valence-corrected chi connectivity index (χ2v) is 12.6. The Morgan fingerprint density at radius 3 is 2.21 bits per heavy atom. The van der Waals surface area contributed by atoms with Crippen LogP contribution in [-0.2, 0) is 29.6 Å². The van der Waals surface area contributed by atoms with Crippen molar-refractivity contribution in [2.45, 2.75) is 21.6 Å². The molecule has 4 aromatic carbocycles. The van der Waals surface area contributed by atoms with Gasteiger partial charge in [-0.1, -0.05) is 18.2 Å². The Morgan fingerprint density at radius 2 is 1.58 bits per heavy atom. The first-order valence-electron chi connectivity index (χ1n) is 12.2. The van der Waals surface area contributed by atoms with Crippen LogP contribution in [-0.4, -0.2) is 53.0 Å². The summed E-state index contributed by atoms with van der Waals surface area (Å²) >= 11 is 0.350. The van der Waals surface area contributed by atoms with E-state index in [0.29, 0.717) is 28.9 Å². The molecule has 5 aromatic rings. The summed E-state index contributed by atoms with van der Waals surface area (Å²) in [5.74, 6) is 0.170. The zero-order chi connectivity index (χ0) is 32.7. The number of aryl methyl sites for hydroxylation is 1. The molecule has 1 aromatic heterocycles. The number of nitrogen functional groups attached to an aromatic ring is 1. The molecule has 3 N–H and O–H groups in total. The van der Waals surface area contributed by atoms with E-state index in [1.54, 1.807) is 31.0 Å². The molecule has 23 heteroatoms. The topological polar surface area (TPSA) is 269 Å². The molecule has 0 saturated carbocycles. The SMILES string of the molecule is Cc1nc(N)nc(N(C)c2ccc3c(O)c(N=Nc4ccc5c(S(=O)(=O)[O-])cccc5c4S(=O)(=O)[O-])c(SOO[O-])cc3c2)n1.[Na+].[Na+].[Na+]. The number of aromatic hydroxyl groups is 1. The van der Waals surface area contributed by atoms with Gasteiger partial charge in [-0.05, 0) is 48.7 Å². The molecular weight excluding hydrogens is 723 g/mol. The number of anilines is 3. The van der Waals surface area contributed by atoms with Gasteiger partial charge in [-0.2, -0.15) is 19.3 Å². The van der Waals surface area contributed by atoms with Gasteiger partial charge in [-0.25, -0.2) is 16.8 Å². The van der Waals surface area contributed by atoms with Crippen LogP contribution < -0.4 is 105 Å². The molecule has 0 aliphatic rings. The van der Waals surface area contributed by atoms with Gasteiger partial charge in [0.2, 0.25) is 11.9 Å². The van der Waals surface area contributed by atoms with E-state index in [1.165, 1.54) is 12.1 Å². The summed E-state index contributed by atoms with van der Waals surface area (Å²) in [6, 6.07) is 11.5. The molecule has 0 radical (unpaired) electrons. The maximum atomic E-state index is 12.3. The summed E-state index contributed by atoms with van der Waals surface area (Å²) in [5, 5.41) is 32.9. The first-order valence-corrected chi connectivity index (χ1v) is 15.8. The van der Waals surface area contributed by atoms with Gasteiger partial charge in [0, 0.05) is 28.9 Å². The molecule has 48 heavy (non-hydrogen) atoms. The molecule has 0 saturated heterocycles. The molecule has 0 unspecified atom stereocenters. The van der Waals surface area contributed by atoms with Crippen LogP contribution in [0.2, 0.25) is 0 Å². The minimum absolute atomic E-state index is 0. The molecule has 0 aliphatic heterocycles. The third kappa shape index (κ3) is 9.22. The Hall–Kier alpha value is -1.54. The number of phenols is 1. The third-order valence-electron chi connectivity index (χ3n) is 6.35. The average Bonchev–Trinajstić information content (AvgIpc) is 2.96. The Bertz CT molecular complexity index is 2230. The number of fused-ring (bicyclic) bond motifs is 2. The fraction of sp³-hybridized carbons (Fsp3) is 0.0800. The molecule has 0 amide bonds. The largest absolute Gasteiger partial charge is 1.00 e. The summed E-state index contributed by atoms with van der Waals surface area (Å²) in [6.07, 6.45) is 0. The zero-order valence-electron chi connectivity index (χ0n) is 25.8. The van der Waals surface area contributed by atoms with Crippen LogP contribution in [0.4, 0.5) is 29.0 Å². The molecule has 17 nitrogen and oxygen atoms in total. The second-order valence-electron chi connectivity index (χ2n) is 9.17. The standard InChI is InChI=1S/C25H21N7O10S3.3Na/c1-12-27-24(26)29-25(28-12)32(2)14-6-7-15-13(10-14)11-19(43-42-41-34)21(22(15)33)31-30-18-9-8-16-17(23(18)45(38,39)40)4-3-5-20(16)44(35,36)37;;;/h3-11,33-34H,1-2H3,(H,35,36,37)(H,38,39,40)(H2,26,27,28,29);;;/q;3*+1/p-3. The van der Waals surface area contributed by atoms with Gasteiger partial charge in [0.15, 0.2) is 5.75 Å². The van der Waals surface area contributed by atoms with Crippen molar-refractivity contribution in [3.63, 3.8) is 0 Å². The smallest absolute Gasteiger partial charge is 0.744 e. The monoisotopic (exact) mass is 741 g/mol. The van der Waals surface area contributed by atoms with E-state index in [1.807, 2.05) is 0 Å². The normalized spacial score (nSPS) is 11.6. The van der Waals surface area contributed by atoms with Crippen molar-refractivity contribution in [3.8, 4) is 5.75 Å². The summed E-state index contributed by atoms with van der Waals surface area (Å²) in [5.41, 5.74) is 5.46. The number of nitrogens with zero attached hydrogens (tertiary/aromatic N) is 6. The second kappa shape index (κ2) is 17.1. The van der Waals surface area contributed by atoms with Crippen LogP contribution in [0.3, 0.4) is 0 Å². The Kier molecular flexibility index (Phi) is 15.2. The minimum atomic E-state index is -5.32. The average molecular weight is 742 g/mol. The van der Waals surface area contributed by atoms with Gasteiger partial charge >= 0.3 is 88.7 Å². The van der Waals surface area contributed by atoms with Crippen molar-refractivity contribution in [1.29, 1.82) is 0 Å². The summed E-state index contributed by atoms with van der Waals surface area (Å²) in [4.78, 5) is 12.2. The zero-order valence-corrected chi connectivity index (χ0v) is 34.3. The number of hydrogen-bond donors (Lipinski definition) is 2. The van der Waals surface area contributed by atoms with Crippen LogP contribution in [0, 0.1) is 6.92 Å². The number of phenolic OH excluding ortho intramolecular Hbond substituents is 1. The van der Waals surface area contributed by atoms with Crippen LogP contribution in [0.5, 0.6) is 5.75 Å². The van der Waals surface area contributed by atoms with Crippen LogP contribution >= 0.6 is 12.0 Å². The maximum absolute atomic E-state index is 12.3. The molecule has 0 atom stereocenters. The van der Waals surface area contributed by atoms with E-state index in [-0.39, 0.29) is 127 Å². The van der Waals surface area contributed by atoms with Crippen molar-refractivity contribution >= 4 is 82.8 Å². The van der Waals surface area contributed by atoms with Crippen molar-refractivity contribution in [2.75, 3.05) is 17.7 Å². The van der Waals surface area contributed by atoms with E-state index in [0.717, 1.165) is 30.3 Å². The fourth-order valence-electron chi connectivity index (χ4n) is 4.47. The number of hydrogen-bond acceptors (Lipinski definition) is 18. The Morgan fingerprint density at radius 1 is 0.896 bits per heavy atom. The summed E-state index contributed by atoms with van der Waals surface area (Å²) in [7, 11) is -8.68. The van der Waals surface area contributed by atoms with Crippen molar-refractivity contribution in [3.05, 3.63) is 60.4 Å². The first kappa shape index (κ1) is 42.6. The minimum Gasteiger partial charge on any atom is -0.744 e. The molecule has 0 aliphatic carbocycles. The molecular formula is C25H18N7Na3O10S3. The number of nitrogens with two attached hydrogens (primary N) is 1. The number of rotatable bonds is 9. The molecule has 0 fully saturated rings. The van der Waals surface area contributed by atoms with Crippen LogP contribution in [0.1, 0.15) is 5.82 Å². The Balaban J connectivity index is 0.00000267. The predicted molar refractivity (Wildman–Crippen MR) is 155 cm³/mol. The summed E-state index contributed by atoms with van der Waals surface area (Å²) < 4.78 is 76.4. The maximum Gasteiger partial charge on any atom is 1.00 e. The number of azo groups is 1. The van der Waals surface area contributed by atoms with E-state index in [2.05, 4.69) is 34.6 Å². The van der Waals surface area contributed by atoms with E-state index in [4.69, 9.17) is 5.73 Å². The number of aromatic nitrogens is 3. The molecule has 234 valence electrons. The molecule has 0 bridgehead atoms.